The molecule has 0 atom stereocenters. The molecule has 0 aliphatic carbocycles. The summed E-state index contributed by atoms with van der Waals surface area (Å²) in [5, 5.41) is -1.45. The number of hydrogen-bond donors (Lipinski definition) is 0. The first-order valence-corrected chi connectivity index (χ1v) is 25.3. The van der Waals surface area contributed by atoms with Crippen LogP contribution >= 0.6 is 0 Å². The van der Waals surface area contributed by atoms with E-state index in [0.29, 0.717) is 51.3 Å². The zero-order valence-electron chi connectivity index (χ0n) is 31.8. The molecule has 1 rings (SSSR count). The summed E-state index contributed by atoms with van der Waals surface area (Å²) in [4.78, 5) is 0. The van der Waals surface area contributed by atoms with Crippen LogP contribution in [0.25, 0.3) is 0 Å². The minimum Gasteiger partial charge on any atom is -0.412 e. The number of ether oxygens (including phenoxy) is 4. The van der Waals surface area contributed by atoms with Crippen LogP contribution in [-0.4, -0.2) is 85.6 Å². The first-order valence-electron chi connectivity index (χ1n) is 17.2. The fourth-order valence-corrected chi connectivity index (χ4v) is 30.6. The molecule has 264 valence electrons. The Kier molecular flexibility index (Phi) is 16.2. The Balaban J connectivity index is 4.32. The summed E-state index contributed by atoms with van der Waals surface area (Å²) >= 11 is 0. The fraction of sp³-hybridized carbons (Fsp3) is 1.00. The Labute approximate surface area is 276 Å². The highest BCUT2D eigenvalue weighted by atomic mass is 28.5. The largest absolute Gasteiger partial charge is 0.412 e. The molecule has 0 aromatic carbocycles. The van der Waals surface area contributed by atoms with Gasteiger partial charge in [-0.1, -0.05) is 111 Å². The molecule has 0 aromatic heterocycles. The highest BCUT2D eigenvalue weighted by Crippen LogP contribution is 2.56. The number of hydrogen-bond acceptors (Lipinski definition) is 8. The summed E-state index contributed by atoms with van der Waals surface area (Å²) in [7, 11) is -13.2. The topological polar surface area (TPSA) is 73.8 Å². The lowest BCUT2D eigenvalue weighted by atomic mass is 10.2. The third kappa shape index (κ3) is 10.3. The second-order valence-electron chi connectivity index (χ2n) is 16.6. The van der Waals surface area contributed by atoms with Crippen molar-refractivity contribution >= 4 is 34.2 Å². The van der Waals surface area contributed by atoms with E-state index in [0.717, 1.165) is 25.7 Å². The summed E-state index contributed by atoms with van der Waals surface area (Å²) < 4.78 is 57.3. The SMILES string of the molecule is CCCOC[Si]1(C(C)(C)C)O[Si](COCCC)(C(C)(C)C)O[Si](COCCC)(C(C)(C)C)O[Si](COCCC)(C(C)(C)C)O1. The molecule has 1 aliphatic heterocycles. The van der Waals surface area contributed by atoms with Crippen molar-refractivity contribution < 1.29 is 35.4 Å². The standard InChI is InChI=1S/C32H72O8Si4/c1-17-21-33-25-41(29(5,6)7)37-42(30(8,9)10,26-34-22-18-2)39-44(32(14,15)16,28-36-24-20-4)40-43(38-41,31(11,12)13)27-35-23-19-3/h17-28H2,1-16H3. The van der Waals surface area contributed by atoms with E-state index in [-0.39, 0.29) is 20.2 Å². The molecule has 0 amide bonds. The van der Waals surface area contributed by atoms with E-state index in [2.05, 4.69) is 111 Å². The van der Waals surface area contributed by atoms with E-state index in [1.54, 1.807) is 0 Å². The molecule has 1 heterocycles. The van der Waals surface area contributed by atoms with Gasteiger partial charge in [-0.2, -0.15) is 0 Å². The van der Waals surface area contributed by atoms with Gasteiger partial charge in [-0.25, -0.2) is 0 Å². The third-order valence-corrected chi connectivity index (χ3v) is 30.5. The summed E-state index contributed by atoms with van der Waals surface area (Å²) in [6.45, 7) is 37.9. The predicted octanol–water partition coefficient (Wildman–Crippen LogP) is 8.90. The quantitative estimate of drug-likeness (QED) is 0.117. The molecule has 44 heavy (non-hydrogen) atoms. The summed E-state index contributed by atoms with van der Waals surface area (Å²) in [6.07, 6.45) is 5.24. The average Bonchev–Trinajstić information content (AvgIpc) is 2.85. The lowest BCUT2D eigenvalue weighted by Gasteiger charge is -2.62. The molecule has 8 nitrogen and oxygen atoms in total. The number of rotatable bonds is 16. The van der Waals surface area contributed by atoms with E-state index in [1.165, 1.54) is 0 Å². The van der Waals surface area contributed by atoms with Crippen LogP contribution in [0.4, 0.5) is 0 Å². The van der Waals surface area contributed by atoms with Gasteiger partial charge in [-0.3, -0.25) is 0 Å². The van der Waals surface area contributed by atoms with Crippen molar-refractivity contribution in [2.75, 3.05) is 51.3 Å². The summed E-state index contributed by atoms with van der Waals surface area (Å²) in [5.41, 5.74) is 0. The maximum Gasteiger partial charge on any atom is 0.352 e. The Morgan fingerprint density at radius 2 is 0.500 bits per heavy atom. The van der Waals surface area contributed by atoms with Crippen LogP contribution in [0.5, 0.6) is 0 Å². The molecule has 0 saturated carbocycles. The van der Waals surface area contributed by atoms with Gasteiger partial charge in [0.15, 0.2) is 0 Å². The molecule has 1 saturated heterocycles. The third-order valence-electron chi connectivity index (χ3n) is 8.45. The second kappa shape index (κ2) is 16.8. The summed E-state index contributed by atoms with van der Waals surface area (Å²) in [6, 6.07) is 0. The van der Waals surface area contributed by atoms with Crippen LogP contribution in [0.15, 0.2) is 0 Å². The van der Waals surface area contributed by atoms with E-state index in [4.69, 9.17) is 35.4 Å². The van der Waals surface area contributed by atoms with E-state index in [1.807, 2.05) is 0 Å². The van der Waals surface area contributed by atoms with Crippen molar-refractivity contribution in [3.8, 4) is 0 Å². The Hall–Kier alpha value is 0.548. The highest BCUT2D eigenvalue weighted by Gasteiger charge is 2.73. The van der Waals surface area contributed by atoms with Gasteiger partial charge in [-0.15, -0.1) is 0 Å². The minimum absolute atomic E-state index is 0.363. The van der Waals surface area contributed by atoms with Gasteiger partial charge in [0.1, 0.15) is 0 Å². The van der Waals surface area contributed by atoms with E-state index in [9.17, 15) is 0 Å². The predicted molar refractivity (Wildman–Crippen MR) is 191 cm³/mol. The van der Waals surface area contributed by atoms with Crippen molar-refractivity contribution in [1.82, 2.24) is 0 Å². The van der Waals surface area contributed by atoms with Crippen LogP contribution in [0.3, 0.4) is 0 Å². The maximum absolute atomic E-state index is 7.86. The van der Waals surface area contributed by atoms with Crippen molar-refractivity contribution in [2.24, 2.45) is 0 Å². The molecule has 1 fully saturated rings. The van der Waals surface area contributed by atoms with Crippen LogP contribution < -0.4 is 0 Å². The van der Waals surface area contributed by atoms with Gasteiger partial charge < -0.3 is 35.4 Å². The molecule has 12 heteroatoms. The lowest BCUT2D eigenvalue weighted by molar-refractivity contribution is 0.0625. The second-order valence-corrected chi connectivity index (χ2v) is 33.1. The first-order chi connectivity index (χ1) is 20.1. The van der Waals surface area contributed by atoms with Crippen molar-refractivity contribution in [1.29, 1.82) is 0 Å². The van der Waals surface area contributed by atoms with Gasteiger partial charge >= 0.3 is 34.2 Å². The molecule has 0 N–H and O–H groups in total. The molecule has 0 bridgehead atoms. The molecule has 0 aromatic rings. The van der Waals surface area contributed by atoms with E-state index >= 15 is 0 Å². The van der Waals surface area contributed by atoms with Crippen LogP contribution in [0, 0.1) is 0 Å². The van der Waals surface area contributed by atoms with Gasteiger partial charge in [0.25, 0.3) is 0 Å². The lowest BCUT2D eigenvalue weighted by Crippen LogP contribution is -2.80. The Bertz CT molecular complexity index is 686. The molecule has 1 aliphatic rings. The summed E-state index contributed by atoms with van der Waals surface area (Å²) in [5.74, 6) is 0. The molecular formula is C32H72O8Si4. The van der Waals surface area contributed by atoms with Gasteiger partial charge in [-0.05, 0) is 25.7 Å². The van der Waals surface area contributed by atoms with Crippen LogP contribution in [-0.2, 0) is 35.4 Å². The molecule has 0 spiro atoms. The Morgan fingerprint density at radius 1 is 0.341 bits per heavy atom. The van der Waals surface area contributed by atoms with Crippen LogP contribution in [0.1, 0.15) is 136 Å². The van der Waals surface area contributed by atoms with Crippen LogP contribution in [0.2, 0.25) is 20.2 Å². The zero-order chi connectivity index (χ0) is 34.1. The zero-order valence-corrected chi connectivity index (χ0v) is 35.8. The van der Waals surface area contributed by atoms with Crippen molar-refractivity contribution in [3.63, 3.8) is 0 Å². The van der Waals surface area contributed by atoms with E-state index < -0.39 is 34.2 Å². The average molecular weight is 697 g/mol. The fourth-order valence-electron chi connectivity index (χ4n) is 4.88. The van der Waals surface area contributed by atoms with Crippen molar-refractivity contribution in [3.05, 3.63) is 0 Å². The molecule has 0 radical (unpaired) electrons. The minimum atomic E-state index is -3.30. The maximum atomic E-state index is 7.86. The molecular weight excluding hydrogens is 625 g/mol. The van der Waals surface area contributed by atoms with Crippen molar-refractivity contribution in [2.45, 2.75) is 157 Å². The first kappa shape index (κ1) is 42.6. The van der Waals surface area contributed by atoms with Gasteiger partial charge in [0.05, 0.1) is 24.9 Å². The normalized spacial score (nSPS) is 29.5. The smallest absolute Gasteiger partial charge is 0.352 e. The monoisotopic (exact) mass is 696 g/mol. The van der Waals surface area contributed by atoms with Gasteiger partial charge in [0.2, 0.25) is 0 Å². The van der Waals surface area contributed by atoms with Gasteiger partial charge in [0, 0.05) is 46.6 Å². The molecule has 0 unspecified atom stereocenters. The Morgan fingerprint density at radius 3 is 0.614 bits per heavy atom. The highest BCUT2D eigenvalue weighted by molar-refractivity contribution is 6.97.